The number of aromatic nitrogens is 2. The zero-order valence-electron chi connectivity index (χ0n) is 14.2. The molecule has 3 aromatic rings. The van der Waals surface area contributed by atoms with Crippen LogP contribution in [-0.4, -0.2) is 22.4 Å². The molecule has 0 aliphatic heterocycles. The van der Waals surface area contributed by atoms with Gasteiger partial charge in [0.05, 0.1) is 18.5 Å². The number of furan rings is 1. The number of hydrogen-bond donors (Lipinski definition) is 2. The number of benzene rings is 1. The van der Waals surface area contributed by atoms with Crippen molar-refractivity contribution in [1.82, 2.24) is 20.4 Å². The molecule has 0 fully saturated rings. The SMILES string of the molecule is Cn1nc(CNC(=O)NCCCc2ccccc2)cc1-c1ccco1. The maximum absolute atomic E-state index is 11.9. The first-order valence-electron chi connectivity index (χ1n) is 8.35. The van der Waals surface area contributed by atoms with Crippen LogP contribution < -0.4 is 10.6 Å². The summed E-state index contributed by atoms with van der Waals surface area (Å²) < 4.78 is 7.12. The van der Waals surface area contributed by atoms with E-state index in [4.69, 9.17) is 4.42 Å². The maximum Gasteiger partial charge on any atom is 0.315 e. The van der Waals surface area contributed by atoms with Crippen LogP contribution in [0, 0.1) is 0 Å². The Balaban J connectivity index is 1.40. The third-order valence-corrected chi connectivity index (χ3v) is 3.90. The second kappa shape index (κ2) is 8.19. The molecule has 2 aromatic heterocycles. The highest BCUT2D eigenvalue weighted by molar-refractivity contribution is 5.73. The highest BCUT2D eigenvalue weighted by atomic mass is 16.3. The van der Waals surface area contributed by atoms with Crippen molar-refractivity contribution >= 4 is 6.03 Å². The Morgan fingerprint density at radius 2 is 2.00 bits per heavy atom. The summed E-state index contributed by atoms with van der Waals surface area (Å²) in [6.07, 6.45) is 3.49. The van der Waals surface area contributed by atoms with Gasteiger partial charge < -0.3 is 15.1 Å². The van der Waals surface area contributed by atoms with Gasteiger partial charge in [-0.15, -0.1) is 0 Å². The van der Waals surface area contributed by atoms with E-state index < -0.39 is 0 Å². The topological polar surface area (TPSA) is 72.1 Å². The van der Waals surface area contributed by atoms with Crippen LogP contribution >= 0.6 is 0 Å². The number of nitrogens with one attached hydrogen (secondary N) is 2. The first-order chi connectivity index (χ1) is 12.2. The molecule has 6 heteroatoms. The number of urea groups is 1. The van der Waals surface area contributed by atoms with Gasteiger partial charge in [0.2, 0.25) is 0 Å². The minimum absolute atomic E-state index is 0.182. The van der Waals surface area contributed by atoms with E-state index in [0.29, 0.717) is 13.1 Å². The standard InChI is InChI=1S/C19H22N4O2/c1-23-17(18-10-6-12-25-18)13-16(22-23)14-21-19(24)20-11-5-9-15-7-3-2-4-8-15/h2-4,6-8,10,12-13H,5,9,11,14H2,1H3,(H2,20,21,24). The van der Waals surface area contributed by atoms with E-state index >= 15 is 0 Å². The van der Waals surface area contributed by atoms with Crippen molar-refractivity contribution in [3.8, 4) is 11.5 Å². The number of hydrogen-bond acceptors (Lipinski definition) is 3. The van der Waals surface area contributed by atoms with E-state index in [9.17, 15) is 4.79 Å². The van der Waals surface area contributed by atoms with Gasteiger partial charge in [0, 0.05) is 13.6 Å². The highest BCUT2D eigenvalue weighted by Gasteiger charge is 2.10. The second-order valence-corrected chi connectivity index (χ2v) is 5.82. The van der Waals surface area contributed by atoms with Crippen LogP contribution in [0.5, 0.6) is 0 Å². The zero-order chi connectivity index (χ0) is 17.5. The summed E-state index contributed by atoms with van der Waals surface area (Å²) in [6, 6.07) is 15.7. The molecule has 1 aromatic carbocycles. The number of aryl methyl sites for hydroxylation is 2. The average Bonchev–Trinajstić information content (AvgIpc) is 3.27. The van der Waals surface area contributed by atoms with Gasteiger partial charge in [-0.3, -0.25) is 4.68 Å². The van der Waals surface area contributed by atoms with Crippen molar-refractivity contribution in [3.05, 3.63) is 66.1 Å². The molecule has 2 amide bonds. The Labute approximate surface area is 146 Å². The van der Waals surface area contributed by atoms with Crippen LogP contribution in [0.1, 0.15) is 17.7 Å². The molecule has 2 N–H and O–H groups in total. The lowest BCUT2D eigenvalue weighted by Crippen LogP contribution is -2.35. The molecule has 0 spiro atoms. The zero-order valence-corrected chi connectivity index (χ0v) is 14.2. The van der Waals surface area contributed by atoms with Gasteiger partial charge in [-0.05, 0) is 36.6 Å². The number of carbonyl (C=O) groups excluding carboxylic acids is 1. The Morgan fingerprint density at radius 3 is 2.76 bits per heavy atom. The van der Waals surface area contributed by atoms with Gasteiger partial charge in [-0.25, -0.2) is 4.79 Å². The van der Waals surface area contributed by atoms with Crippen molar-refractivity contribution in [2.45, 2.75) is 19.4 Å². The third kappa shape index (κ3) is 4.73. The quantitative estimate of drug-likeness (QED) is 0.650. The Hall–Kier alpha value is -3.02. The maximum atomic E-state index is 11.9. The fourth-order valence-electron chi connectivity index (χ4n) is 2.64. The van der Waals surface area contributed by atoms with Crippen molar-refractivity contribution in [1.29, 1.82) is 0 Å². The molecule has 0 radical (unpaired) electrons. The monoisotopic (exact) mass is 338 g/mol. The molecule has 0 unspecified atom stereocenters. The lowest BCUT2D eigenvalue weighted by atomic mass is 10.1. The van der Waals surface area contributed by atoms with E-state index in [0.717, 1.165) is 30.0 Å². The smallest absolute Gasteiger partial charge is 0.315 e. The predicted octanol–water partition coefficient (Wildman–Crippen LogP) is 3.11. The van der Waals surface area contributed by atoms with Crippen LogP contribution in [0.4, 0.5) is 4.79 Å². The average molecular weight is 338 g/mol. The summed E-state index contributed by atoms with van der Waals surface area (Å²) in [6.45, 7) is 1.01. The molecular weight excluding hydrogens is 316 g/mol. The Kier molecular flexibility index (Phi) is 5.51. The third-order valence-electron chi connectivity index (χ3n) is 3.90. The van der Waals surface area contributed by atoms with Crippen molar-refractivity contribution in [3.63, 3.8) is 0 Å². The van der Waals surface area contributed by atoms with E-state index in [1.54, 1.807) is 10.9 Å². The normalized spacial score (nSPS) is 10.6. The van der Waals surface area contributed by atoms with E-state index in [-0.39, 0.29) is 6.03 Å². The van der Waals surface area contributed by atoms with Gasteiger partial charge in [0.25, 0.3) is 0 Å². The fourth-order valence-corrected chi connectivity index (χ4v) is 2.64. The van der Waals surface area contributed by atoms with Crippen molar-refractivity contribution < 1.29 is 9.21 Å². The van der Waals surface area contributed by atoms with Gasteiger partial charge in [-0.2, -0.15) is 5.10 Å². The summed E-state index contributed by atoms with van der Waals surface area (Å²) >= 11 is 0. The molecule has 0 atom stereocenters. The molecule has 0 saturated carbocycles. The first kappa shape index (κ1) is 16.8. The number of nitrogens with zero attached hydrogens (tertiary/aromatic N) is 2. The van der Waals surface area contributed by atoms with Crippen LogP contribution in [0.25, 0.3) is 11.5 Å². The predicted molar refractivity (Wildman–Crippen MR) is 95.9 cm³/mol. The van der Waals surface area contributed by atoms with Gasteiger partial charge in [-0.1, -0.05) is 30.3 Å². The van der Waals surface area contributed by atoms with Crippen LogP contribution in [0.15, 0.2) is 59.2 Å². The van der Waals surface area contributed by atoms with Gasteiger partial charge in [0.15, 0.2) is 5.76 Å². The molecule has 0 aliphatic rings. The van der Waals surface area contributed by atoms with Gasteiger partial charge in [0.1, 0.15) is 5.69 Å². The molecule has 2 heterocycles. The molecule has 0 saturated heterocycles. The molecule has 0 aliphatic carbocycles. The van der Waals surface area contributed by atoms with Gasteiger partial charge >= 0.3 is 6.03 Å². The lowest BCUT2D eigenvalue weighted by Gasteiger charge is -2.06. The van der Waals surface area contributed by atoms with E-state index in [2.05, 4.69) is 27.9 Å². The summed E-state index contributed by atoms with van der Waals surface area (Å²) in [4.78, 5) is 11.9. The molecule has 25 heavy (non-hydrogen) atoms. The molecular formula is C19H22N4O2. The summed E-state index contributed by atoms with van der Waals surface area (Å²) in [5.41, 5.74) is 2.95. The largest absolute Gasteiger partial charge is 0.463 e. The van der Waals surface area contributed by atoms with E-state index in [1.165, 1.54) is 5.56 Å². The van der Waals surface area contributed by atoms with Crippen LogP contribution in [0.3, 0.4) is 0 Å². The summed E-state index contributed by atoms with van der Waals surface area (Å²) in [5.74, 6) is 0.756. The highest BCUT2D eigenvalue weighted by Crippen LogP contribution is 2.19. The number of rotatable bonds is 7. The van der Waals surface area contributed by atoms with Crippen LogP contribution in [-0.2, 0) is 20.0 Å². The summed E-state index contributed by atoms with van der Waals surface area (Å²) in [7, 11) is 1.85. The lowest BCUT2D eigenvalue weighted by molar-refractivity contribution is 0.240. The second-order valence-electron chi connectivity index (χ2n) is 5.82. The Morgan fingerprint density at radius 1 is 1.16 bits per heavy atom. The molecule has 130 valence electrons. The molecule has 6 nitrogen and oxygen atoms in total. The fraction of sp³-hybridized carbons (Fsp3) is 0.263. The molecule has 0 bridgehead atoms. The van der Waals surface area contributed by atoms with Crippen LogP contribution in [0.2, 0.25) is 0 Å². The summed E-state index contributed by atoms with van der Waals surface area (Å²) in [5, 5.41) is 10.1. The van der Waals surface area contributed by atoms with E-state index in [1.807, 2.05) is 43.4 Å². The number of carbonyl (C=O) groups is 1. The van der Waals surface area contributed by atoms with Crippen molar-refractivity contribution in [2.24, 2.45) is 7.05 Å². The molecule has 3 rings (SSSR count). The number of amides is 2. The minimum Gasteiger partial charge on any atom is -0.463 e. The first-order valence-corrected chi connectivity index (χ1v) is 8.35. The minimum atomic E-state index is -0.182. The Bertz CT molecular complexity index is 794. The van der Waals surface area contributed by atoms with Crippen molar-refractivity contribution in [2.75, 3.05) is 6.54 Å².